The van der Waals surface area contributed by atoms with Crippen LogP contribution in [0.5, 0.6) is 0 Å². The van der Waals surface area contributed by atoms with Gasteiger partial charge in [-0.15, -0.1) is 22.5 Å². The van der Waals surface area contributed by atoms with Crippen LogP contribution in [-0.4, -0.2) is 36.1 Å². The molecule has 0 spiro atoms. The summed E-state index contributed by atoms with van der Waals surface area (Å²) in [4.78, 5) is 8.36. The summed E-state index contributed by atoms with van der Waals surface area (Å²) in [6.07, 6.45) is 0. The van der Waals surface area contributed by atoms with E-state index in [4.69, 9.17) is 48.8 Å². The Labute approximate surface area is 90.6 Å². The number of rotatable bonds is 0. The van der Waals surface area contributed by atoms with Gasteiger partial charge in [0.2, 0.25) is 0 Å². The minimum absolute atomic E-state index is 0. The molecule has 0 aromatic rings. The molecule has 0 bridgehead atoms. The molecule has 0 unspecified atom stereocenters. The summed E-state index contributed by atoms with van der Waals surface area (Å²) < 4.78 is 63.5. The zero-order valence-electron chi connectivity index (χ0n) is 6.36. The van der Waals surface area contributed by atoms with Crippen molar-refractivity contribution >= 4 is 22.8 Å². The van der Waals surface area contributed by atoms with Crippen LogP contribution in [0.2, 0.25) is 0 Å². The molecule has 0 amide bonds. The van der Waals surface area contributed by atoms with E-state index < -0.39 is 29.1 Å². The van der Waals surface area contributed by atoms with E-state index in [-0.39, 0.29) is 12.4 Å². The van der Waals surface area contributed by atoms with Gasteiger partial charge in [-0.2, -0.15) is 8.42 Å². The summed E-state index contributed by atoms with van der Waals surface area (Å²) in [6.45, 7) is 0. The first-order chi connectivity index (χ1) is 5.73. The van der Waals surface area contributed by atoms with Crippen molar-refractivity contribution in [3.8, 4) is 0 Å². The van der Waals surface area contributed by atoms with Crippen LogP contribution in [0.4, 0.5) is 0 Å². The molecular weight excluding hydrogens is 310 g/mol. The van der Waals surface area contributed by atoms with Crippen LogP contribution in [0.1, 0.15) is 0 Å². The van der Waals surface area contributed by atoms with Gasteiger partial charge in [0.1, 0.15) is 0 Å². The van der Waals surface area contributed by atoms with Crippen molar-refractivity contribution in [2.45, 2.75) is 0 Å². The average molecular weight is 316 g/mol. The average Bonchev–Trinajstić information content (AvgIpc) is 1.45. The molecule has 0 radical (unpaired) electrons. The second-order valence-corrected chi connectivity index (χ2v) is 3.43. The van der Waals surface area contributed by atoms with Crippen LogP contribution < -0.4 is 0 Å². The molecule has 0 aromatic carbocycles. The Balaban J connectivity index is -0.0000000590. The molecular formula is H6ClCrNO11S. The van der Waals surface area contributed by atoms with Crippen molar-refractivity contribution in [1.82, 2.24) is 0 Å². The summed E-state index contributed by atoms with van der Waals surface area (Å²) in [6, 6.07) is 0. The molecule has 12 nitrogen and oxygen atoms in total. The van der Waals surface area contributed by atoms with E-state index in [9.17, 15) is 0 Å². The van der Waals surface area contributed by atoms with Gasteiger partial charge in [0.05, 0.1) is 0 Å². The summed E-state index contributed by atoms with van der Waals surface area (Å²) in [5, 5.41) is 13.6. The molecule has 0 saturated carbocycles. The van der Waals surface area contributed by atoms with Gasteiger partial charge in [0, 0.05) is 0 Å². The summed E-state index contributed by atoms with van der Waals surface area (Å²) >= 11 is -5.25. The van der Waals surface area contributed by atoms with Gasteiger partial charge in [0.25, 0.3) is 5.09 Å². The molecule has 0 saturated heterocycles. The van der Waals surface area contributed by atoms with Crippen LogP contribution in [0.25, 0.3) is 0 Å². The van der Waals surface area contributed by atoms with Crippen molar-refractivity contribution in [2.75, 3.05) is 0 Å². The molecule has 0 rings (SSSR count). The first kappa shape index (κ1) is 23.9. The van der Waals surface area contributed by atoms with Crippen LogP contribution in [0.3, 0.4) is 0 Å². The van der Waals surface area contributed by atoms with Gasteiger partial charge < -0.3 is 5.21 Å². The Hall–Kier alpha value is -0.588. The molecule has 15 heavy (non-hydrogen) atoms. The van der Waals surface area contributed by atoms with Crippen molar-refractivity contribution < 1.29 is 57.4 Å². The number of hydrogen-bond donors (Lipinski definition) is 5. The number of halogens is 1. The fourth-order valence-electron chi connectivity index (χ4n) is 0. The summed E-state index contributed by atoms with van der Waals surface area (Å²) in [5.41, 5.74) is 0. The molecule has 0 fully saturated rings. The summed E-state index contributed by atoms with van der Waals surface area (Å²) in [5.74, 6) is 0. The van der Waals surface area contributed by atoms with Crippen molar-refractivity contribution in [3.63, 3.8) is 0 Å². The van der Waals surface area contributed by atoms with Crippen LogP contribution in [0.15, 0.2) is 0 Å². The second kappa shape index (κ2) is 9.95. The van der Waals surface area contributed by atoms with Gasteiger partial charge in [-0.25, -0.2) is 0 Å². The van der Waals surface area contributed by atoms with E-state index >= 15 is 0 Å². The van der Waals surface area contributed by atoms with Gasteiger partial charge in [-0.3, -0.25) is 9.11 Å². The topological polar surface area (TPSA) is 213 Å². The standard InChI is InChI=1S/ClH.Cr.HNO3.H2O4S.2H2O.2O/c;;2-1(3)4;1-5(2,3)4;;;;/h1H;;(H,2,3,4);(H2,1,2,3,4);2*1H2;;/q;+2;;;;;;/p-2. The van der Waals surface area contributed by atoms with Crippen LogP contribution in [0, 0.1) is 10.1 Å². The molecule has 0 aliphatic rings. The first-order valence-electron chi connectivity index (χ1n) is 1.96. The monoisotopic (exact) mass is 315 g/mol. The van der Waals surface area contributed by atoms with Gasteiger partial charge in [0.15, 0.2) is 0 Å². The molecule has 0 heterocycles. The Morgan fingerprint density at radius 2 is 1.13 bits per heavy atom. The van der Waals surface area contributed by atoms with Crippen LogP contribution >= 0.6 is 12.4 Å². The van der Waals surface area contributed by atoms with Gasteiger partial charge in [-0.1, -0.05) is 0 Å². The van der Waals surface area contributed by atoms with E-state index in [2.05, 4.69) is 0 Å². The Bertz CT molecular complexity index is 287. The minimum atomic E-state index is -5.25. The fourth-order valence-corrected chi connectivity index (χ4v) is 0. The molecule has 0 atom stereocenters. The van der Waals surface area contributed by atoms with E-state index in [0.29, 0.717) is 0 Å². The molecule has 0 aromatic heterocycles. The first-order valence-corrected chi connectivity index (χ1v) is 5.54. The van der Waals surface area contributed by atoms with E-state index in [1.54, 1.807) is 0 Å². The van der Waals surface area contributed by atoms with Crippen LogP contribution in [-0.2, 0) is 31.6 Å². The molecule has 15 heteroatoms. The molecule has 96 valence electrons. The van der Waals surface area contributed by atoms with Gasteiger partial charge >= 0.3 is 39.9 Å². The molecule has 0 aliphatic heterocycles. The van der Waals surface area contributed by atoms with E-state index in [0.717, 1.165) is 0 Å². The quantitative estimate of drug-likeness (QED) is 0.188. The van der Waals surface area contributed by atoms with Crippen molar-refractivity contribution in [3.05, 3.63) is 10.1 Å². The van der Waals surface area contributed by atoms with Crippen molar-refractivity contribution in [2.24, 2.45) is 0 Å². The maximum absolute atomic E-state index is 8.82. The number of hydrogen-bond acceptors (Lipinski definition) is 6. The Kier molecular flexibility index (Phi) is 15.9. The van der Waals surface area contributed by atoms with E-state index in [1.807, 2.05) is 0 Å². The fraction of sp³-hybridized carbons (Fsp3) is 0. The predicted molar refractivity (Wildman–Crippen MR) is 36.0 cm³/mol. The predicted octanol–water partition coefficient (Wildman–Crippen LogP) is -1.93. The zero-order chi connectivity index (χ0) is 12.6. The Morgan fingerprint density at radius 3 is 1.13 bits per heavy atom. The SMILES string of the molecule is Cl.O=S(=O)(O)O.O=[N+]([O-])O.[O]=[Cr](=[O])([OH])[OH]. The third-order valence-corrected chi connectivity index (χ3v) is 0. The zero-order valence-corrected chi connectivity index (χ0v) is 9.27. The Morgan fingerprint density at radius 1 is 1.13 bits per heavy atom. The summed E-state index contributed by atoms with van der Waals surface area (Å²) in [7, 11) is -4.67. The van der Waals surface area contributed by atoms with E-state index in [1.165, 1.54) is 0 Å². The third-order valence-electron chi connectivity index (χ3n) is 0. The molecule has 5 N–H and O–H groups in total. The van der Waals surface area contributed by atoms with Crippen molar-refractivity contribution in [1.29, 1.82) is 0 Å². The number of nitrogens with zero attached hydrogens (tertiary/aromatic N) is 1. The maximum atomic E-state index is 8.82. The normalized spacial score (nSPS) is 9.33. The molecule has 0 aliphatic carbocycles. The third kappa shape index (κ3) is 5060. The second-order valence-electron chi connectivity index (χ2n) is 1.13. The van der Waals surface area contributed by atoms with Gasteiger partial charge in [-0.05, 0) is 0 Å².